The Balaban J connectivity index is 2.23. The van der Waals surface area contributed by atoms with Crippen molar-refractivity contribution >= 4 is 51.9 Å². The third-order valence-corrected chi connectivity index (χ3v) is 4.22. The molecule has 1 N–H and O–H groups in total. The van der Waals surface area contributed by atoms with E-state index in [0.29, 0.717) is 5.56 Å². The molecule has 5 heteroatoms. The first-order valence-electron chi connectivity index (χ1n) is 5.54. The number of amides is 1. The van der Waals surface area contributed by atoms with Gasteiger partial charge in [-0.2, -0.15) is 0 Å². The molecule has 1 amide bonds. The Kier molecular flexibility index (Phi) is 4.96. The highest BCUT2D eigenvalue weighted by molar-refractivity contribution is 9.10. The molecule has 0 saturated heterocycles. The number of carbonyl (C=O) groups excluding carboxylic acids is 1. The smallest absolute Gasteiger partial charge is 0.256 e. The predicted octanol–water partition coefficient (Wildman–Crippen LogP) is 4.71. The van der Waals surface area contributed by atoms with E-state index in [1.54, 1.807) is 17.8 Å². The molecule has 98 valence electrons. The molecule has 0 spiro atoms. The van der Waals surface area contributed by atoms with Crippen LogP contribution in [0.5, 0.6) is 0 Å². The van der Waals surface area contributed by atoms with Crippen LogP contribution in [0.2, 0.25) is 0 Å². The molecule has 0 fully saturated rings. The zero-order chi connectivity index (χ0) is 13.8. The Hall–Kier alpha value is -0.910. The maximum Gasteiger partial charge on any atom is 0.256 e. The van der Waals surface area contributed by atoms with E-state index >= 15 is 0 Å². The second-order valence-electron chi connectivity index (χ2n) is 3.85. The van der Waals surface area contributed by atoms with Crippen molar-refractivity contribution in [2.45, 2.75) is 9.79 Å². The molecule has 0 aliphatic rings. The Morgan fingerprint density at radius 2 is 2.05 bits per heavy atom. The van der Waals surface area contributed by atoms with Crippen molar-refractivity contribution in [3.05, 3.63) is 52.5 Å². The van der Waals surface area contributed by atoms with Crippen LogP contribution in [0, 0.1) is 0 Å². The summed E-state index contributed by atoms with van der Waals surface area (Å²) in [6, 6.07) is 13.1. The summed E-state index contributed by atoms with van der Waals surface area (Å²) in [4.78, 5) is 14.1. The van der Waals surface area contributed by atoms with Crippen molar-refractivity contribution in [1.82, 2.24) is 0 Å². The second kappa shape index (κ2) is 6.50. The van der Waals surface area contributed by atoms with Gasteiger partial charge in [0.2, 0.25) is 0 Å². The Morgan fingerprint density at radius 1 is 1.26 bits per heavy atom. The quantitative estimate of drug-likeness (QED) is 0.617. The molecule has 0 unspecified atom stereocenters. The first-order valence-corrected chi connectivity index (χ1v) is 8.00. The van der Waals surface area contributed by atoms with Crippen molar-refractivity contribution in [1.29, 1.82) is 0 Å². The van der Waals surface area contributed by atoms with Gasteiger partial charge in [0.1, 0.15) is 0 Å². The van der Waals surface area contributed by atoms with Gasteiger partial charge >= 0.3 is 0 Å². The van der Waals surface area contributed by atoms with Gasteiger partial charge < -0.3 is 5.32 Å². The minimum atomic E-state index is -0.152. The van der Waals surface area contributed by atoms with Crippen LogP contribution in [0.25, 0.3) is 0 Å². The molecule has 2 nitrogen and oxygen atoms in total. The van der Waals surface area contributed by atoms with E-state index in [2.05, 4.69) is 33.9 Å². The van der Waals surface area contributed by atoms with Crippen molar-refractivity contribution in [3.8, 4) is 0 Å². The van der Waals surface area contributed by atoms with E-state index in [9.17, 15) is 4.79 Å². The Bertz CT molecular complexity index is 616. The van der Waals surface area contributed by atoms with E-state index < -0.39 is 0 Å². The number of thiol groups is 1. The van der Waals surface area contributed by atoms with Gasteiger partial charge in [0.15, 0.2) is 0 Å². The minimum Gasteiger partial charge on any atom is -0.322 e. The van der Waals surface area contributed by atoms with Crippen LogP contribution < -0.4 is 5.32 Å². The molecule has 0 aliphatic heterocycles. The highest BCUT2D eigenvalue weighted by atomic mass is 79.9. The molecule has 0 heterocycles. The van der Waals surface area contributed by atoms with Gasteiger partial charge in [0.05, 0.1) is 5.56 Å². The second-order valence-corrected chi connectivity index (χ2v) is 6.10. The summed E-state index contributed by atoms with van der Waals surface area (Å²) >= 11 is 9.26. The van der Waals surface area contributed by atoms with Crippen LogP contribution >= 0.6 is 40.3 Å². The first kappa shape index (κ1) is 14.5. The van der Waals surface area contributed by atoms with Crippen molar-refractivity contribution < 1.29 is 4.79 Å². The summed E-state index contributed by atoms with van der Waals surface area (Å²) in [6.45, 7) is 0. The van der Waals surface area contributed by atoms with Gasteiger partial charge in [0, 0.05) is 20.0 Å². The van der Waals surface area contributed by atoms with Crippen LogP contribution in [0.3, 0.4) is 0 Å². The lowest BCUT2D eigenvalue weighted by Gasteiger charge is -2.08. The topological polar surface area (TPSA) is 29.1 Å². The fourth-order valence-corrected chi connectivity index (χ4v) is 2.68. The summed E-state index contributed by atoms with van der Waals surface area (Å²) in [5, 5.41) is 2.88. The molecule has 2 rings (SSSR count). The predicted molar refractivity (Wildman–Crippen MR) is 87.6 cm³/mol. The third-order valence-electron chi connectivity index (χ3n) is 2.52. The molecule has 2 aromatic carbocycles. The van der Waals surface area contributed by atoms with Crippen molar-refractivity contribution in [2.75, 3.05) is 11.6 Å². The highest BCUT2D eigenvalue weighted by Crippen LogP contribution is 2.23. The van der Waals surface area contributed by atoms with Gasteiger partial charge in [-0.1, -0.05) is 6.07 Å². The van der Waals surface area contributed by atoms with Gasteiger partial charge in [0.25, 0.3) is 5.91 Å². The highest BCUT2D eigenvalue weighted by Gasteiger charge is 2.10. The number of benzene rings is 2. The fourth-order valence-electron chi connectivity index (χ4n) is 1.59. The van der Waals surface area contributed by atoms with Gasteiger partial charge in [-0.25, -0.2) is 0 Å². The van der Waals surface area contributed by atoms with Crippen LogP contribution in [-0.4, -0.2) is 12.2 Å². The zero-order valence-corrected chi connectivity index (χ0v) is 13.5. The molecule has 0 radical (unpaired) electrons. The molecule has 0 bridgehead atoms. The third kappa shape index (κ3) is 3.78. The number of thioether (sulfide) groups is 1. The molecule has 2 aromatic rings. The largest absolute Gasteiger partial charge is 0.322 e. The number of nitrogens with one attached hydrogen (secondary N) is 1. The first-order chi connectivity index (χ1) is 9.10. The van der Waals surface area contributed by atoms with Gasteiger partial charge in [-0.3, -0.25) is 4.79 Å². The van der Waals surface area contributed by atoms with E-state index in [4.69, 9.17) is 0 Å². The summed E-state index contributed by atoms with van der Waals surface area (Å²) in [6.07, 6.45) is 2.00. The maximum atomic E-state index is 12.2. The molecule has 0 aromatic heterocycles. The molecular formula is C14H12BrNOS2. The summed E-state index contributed by atoms with van der Waals surface area (Å²) in [7, 11) is 0. The van der Waals surface area contributed by atoms with Gasteiger partial charge in [-0.15, -0.1) is 24.4 Å². The SMILES string of the molecule is CSc1cccc(NC(=O)c2cc(S)ccc2Br)c1. The summed E-state index contributed by atoms with van der Waals surface area (Å²) in [5.41, 5.74) is 1.36. The average Bonchev–Trinajstić information content (AvgIpc) is 2.41. The number of hydrogen-bond donors (Lipinski definition) is 2. The summed E-state index contributed by atoms with van der Waals surface area (Å²) in [5.74, 6) is -0.152. The molecular weight excluding hydrogens is 342 g/mol. The van der Waals surface area contributed by atoms with E-state index in [0.717, 1.165) is 20.0 Å². The fraction of sp³-hybridized carbons (Fsp3) is 0.0714. The molecule has 19 heavy (non-hydrogen) atoms. The lowest BCUT2D eigenvalue weighted by atomic mass is 10.2. The number of rotatable bonds is 3. The number of anilines is 1. The lowest BCUT2D eigenvalue weighted by molar-refractivity contribution is 0.102. The van der Waals surface area contributed by atoms with Gasteiger partial charge in [-0.05, 0) is 58.6 Å². The van der Waals surface area contributed by atoms with Crippen LogP contribution in [0.4, 0.5) is 5.69 Å². The zero-order valence-electron chi connectivity index (χ0n) is 10.2. The monoisotopic (exact) mass is 353 g/mol. The van der Waals surface area contributed by atoms with E-state index in [1.165, 1.54) is 0 Å². The van der Waals surface area contributed by atoms with E-state index in [1.807, 2.05) is 42.7 Å². The Morgan fingerprint density at radius 3 is 2.79 bits per heavy atom. The maximum absolute atomic E-state index is 12.2. The van der Waals surface area contributed by atoms with Crippen LogP contribution in [0.1, 0.15) is 10.4 Å². The molecule has 0 saturated carbocycles. The average molecular weight is 354 g/mol. The normalized spacial score (nSPS) is 10.3. The molecule has 0 atom stereocenters. The summed E-state index contributed by atoms with van der Waals surface area (Å²) < 4.78 is 0.754. The standard InChI is InChI=1S/C14H12BrNOS2/c1-19-11-4-2-3-9(7-11)16-14(17)12-8-10(18)5-6-13(12)15/h2-8,18H,1H3,(H,16,17). The van der Waals surface area contributed by atoms with Crippen LogP contribution in [-0.2, 0) is 0 Å². The van der Waals surface area contributed by atoms with E-state index in [-0.39, 0.29) is 5.91 Å². The molecule has 0 aliphatic carbocycles. The Labute approximate surface area is 130 Å². The lowest BCUT2D eigenvalue weighted by Crippen LogP contribution is -2.12. The van der Waals surface area contributed by atoms with Crippen LogP contribution in [0.15, 0.2) is 56.7 Å². The number of hydrogen-bond acceptors (Lipinski definition) is 3. The number of halogens is 1. The van der Waals surface area contributed by atoms with Crippen molar-refractivity contribution in [2.24, 2.45) is 0 Å². The number of carbonyl (C=O) groups is 1. The minimum absolute atomic E-state index is 0.152. The van der Waals surface area contributed by atoms with Crippen molar-refractivity contribution in [3.63, 3.8) is 0 Å².